The molecule has 0 aromatic carbocycles. The lowest BCUT2D eigenvalue weighted by Gasteiger charge is -2.41. The Balaban J connectivity index is 2.39. The molecule has 0 bridgehead atoms. The molecule has 0 radical (unpaired) electrons. The highest BCUT2D eigenvalue weighted by Crippen LogP contribution is 2.47. The quantitative estimate of drug-likeness (QED) is 0.0192. The molecule has 14 heteroatoms. The summed E-state index contributed by atoms with van der Waals surface area (Å²) in [4.78, 5) is 35.7. The highest BCUT2D eigenvalue weighted by Gasteiger charge is 2.51. The number of phosphoric ester groups is 1. The van der Waals surface area contributed by atoms with Gasteiger partial charge in [0.15, 0.2) is 6.10 Å². The van der Waals surface area contributed by atoms with Crippen molar-refractivity contribution in [3.05, 3.63) is 0 Å². The van der Waals surface area contributed by atoms with Gasteiger partial charge in [0.05, 0.1) is 6.61 Å². The third-order valence-electron chi connectivity index (χ3n) is 11.9. The summed E-state index contributed by atoms with van der Waals surface area (Å²) in [6, 6.07) is 0. The Morgan fingerprint density at radius 2 is 0.738 bits per heavy atom. The molecule has 1 rings (SSSR count). The van der Waals surface area contributed by atoms with Crippen LogP contribution < -0.4 is 0 Å². The molecule has 1 aliphatic carbocycles. The zero-order chi connectivity index (χ0) is 45.0. The lowest BCUT2D eigenvalue weighted by molar-refractivity contribution is -0.220. The first-order valence-electron chi connectivity index (χ1n) is 24.8. The monoisotopic (exact) mass is 895 g/mol. The minimum atomic E-state index is -5.11. The van der Waals surface area contributed by atoms with Crippen molar-refractivity contribution in [2.45, 2.75) is 275 Å². The van der Waals surface area contributed by atoms with Gasteiger partial charge in [0, 0.05) is 12.8 Å². The minimum Gasteiger partial charge on any atom is -0.462 e. The van der Waals surface area contributed by atoms with Gasteiger partial charge in [0.1, 0.15) is 43.2 Å². The standard InChI is InChI=1S/C47H91O13P/c1-3-5-7-9-11-13-15-17-18-19-20-21-22-24-26-28-30-32-34-36-41(49)59-39(38-58-61(55,56)60-47-45(53)43(51)42(50)44(52)46(47)54)37-57-40(48)35-33-31-29-27-25-23-16-14-12-10-8-6-4-2/h39,42-47,50-54H,3-38H2,1-2H3,(H,55,56)/t39-,42?,43+,44?,45?,46?,47?/m1/s1. The van der Waals surface area contributed by atoms with Crippen molar-refractivity contribution < 1.29 is 63.1 Å². The Labute approximate surface area is 370 Å². The zero-order valence-electron chi connectivity index (χ0n) is 38.5. The van der Waals surface area contributed by atoms with E-state index in [2.05, 4.69) is 13.8 Å². The van der Waals surface area contributed by atoms with Crippen LogP contribution in [-0.2, 0) is 32.7 Å². The first kappa shape index (κ1) is 57.9. The topological polar surface area (TPSA) is 210 Å². The second-order valence-corrected chi connectivity index (χ2v) is 19.1. The highest BCUT2D eigenvalue weighted by atomic mass is 31.2. The van der Waals surface area contributed by atoms with E-state index in [1.807, 2.05) is 0 Å². The molecule has 1 aliphatic rings. The Bertz CT molecular complexity index is 1080. The van der Waals surface area contributed by atoms with Crippen LogP contribution in [-0.4, -0.2) is 98.3 Å². The average Bonchev–Trinajstić information content (AvgIpc) is 3.24. The molecule has 6 N–H and O–H groups in total. The zero-order valence-corrected chi connectivity index (χ0v) is 39.4. The van der Waals surface area contributed by atoms with Crippen molar-refractivity contribution in [3.8, 4) is 0 Å². The van der Waals surface area contributed by atoms with Crippen molar-refractivity contribution in [2.75, 3.05) is 13.2 Å². The van der Waals surface area contributed by atoms with E-state index in [0.29, 0.717) is 12.8 Å². The molecule has 8 atom stereocenters. The maximum absolute atomic E-state index is 12.8. The average molecular weight is 895 g/mol. The number of ether oxygens (including phenoxy) is 2. The molecule has 13 nitrogen and oxygen atoms in total. The Hall–Kier alpha value is -1.15. The highest BCUT2D eigenvalue weighted by molar-refractivity contribution is 7.47. The molecule has 0 spiro atoms. The van der Waals surface area contributed by atoms with Gasteiger partial charge in [-0.1, -0.05) is 206 Å². The van der Waals surface area contributed by atoms with Crippen molar-refractivity contribution in [1.82, 2.24) is 0 Å². The maximum Gasteiger partial charge on any atom is 0.472 e. The number of carbonyl (C=O) groups is 2. The molecule has 6 unspecified atom stereocenters. The van der Waals surface area contributed by atoms with Gasteiger partial charge in [-0.05, 0) is 12.8 Å². The molecular formula is C47H91O13P. The fourth-order valence-corrected chi connectivity index (χ4v) is 8.91. The number of phosphoric acid groups is 1. The molecule has 61 heavy (non-hydrogen) atoms. The molecule has 0 amide bonds. The van der Waals surface area contributed by atoms with Crippen molar-refractivity contribution in [1.29, 1.82) is 0 Å². The van der Waals surface area contributed by atoms with Crippen molar-refractivity contribution in [3.63, 3.8) is 0 Å². The first-order valence-corrected chi connectivity index (χ1v) is 26.3. The number of aliphatic hydroxyl groups is 5. The molecule has 362 valence electrons. The van der Waals surface area contributed by atoms with Gasteiger partial charge in [-0.2, -0.15) is 0 Å². The Morgan fingerprint density at radius 3 is 1.08 bits per heavy atom. The Morgan fingerprint density at radius 1 is 0.443 bits per heavy atom. The molecule has 0 aromatic rings. The summed E-state index contributed by atoms with van der Waals surface area (Å²) in [6.07, 6.45) is 25.8. The van der Waals surface area contributed by atoms with E-state index >= 15 is 0 Å². The lowest BCUT2D eigenvalue weighted by atomic mass is 9.85. The van der Waals surface area contributed by atoms with Gasteiger partial charge in [-0.3, -0.25) is 18.6 Å². The van der Waals surface area contributed by atoms with Crippen LogP contribution in [0.4, 0.5) is 0 Å². The summed E-state index contributed by atoms with van der Waals surface area (Å²) in [7, 11) is -5.11. The lowest BCUT2D eigenvalue weighted by Crippen LogP contribution is -2.64. The predicted octanol–water partition coefficient (Wildman–Crippen LogP) is 10.1. The van der Waals surface area contributed by atoms with Crippen LogP contribution in [0, 0.1) is 0 Å². The second kappa shape index (κ2) is 38.2. The smallest absolute Gasteiger partial charge is 0.462 e. The molecule has 0 heterocycles. The van der Waals surface area contributed by atoms with Gasteiger partial charge in [0.25, 0.3) is 0 Å². The van der Waals surface area contributed by atoms with Gasteiger partial charge in [-0.25, -0.2) is 4.57 Å². The fraction of sp³-hybridized carbons (Fsp3) is 0.957. The largest absolute Gasteiger partial charge is 0.472 e. The molecule has 0 aliphatic heterocycles. The van der Waals surface area contributed by atoms with E-state index in [1.54, 1.807) is 0 Å². The van der Waals surface area contributed by atoms with Gasteiger partial charge in [0.2, 0.25) is 0 Å². The van der Waals surface area contributed by atoms with Crippen LogP contribution in [0.2, 0.25) is 0 Å². The number of hydrogen-bond donors (Lipinski definition) is 6. The van der Waals surface area contributed by atoms with E-state index in [-0.39, 0.29) is 12.8 Å². The number of esters is 2. The van der Waals surface area contributed by atoms with Gasteiger partial charge >= 0.3 is 19.8 Å². The van der Waals surface area contributed by atoms with E-state index < -0.39 is 75.7 Å². The van der Waals surface area contributed by atoms with Gasteiger partial charge < -0.3 is 39.9 Å². The third kappa shape index (κ3) is 30.6. The van der Waals surface area contributed by atoms with Crippen LogP contribution in [0.5, 0.6) is 0 Å². The summed E-state index contributed by atoms with van der Waals surface area (Å²) in [5.41, 5.74) is 0. The SMILES string of the molecule is CCCCCCCCCCCCCCCCCCCCCC(=O)O[C@H](COC(=O)CCCCCCCCCCCCCCC)COP(=O)(O)OC1C(O)C(O)C(O)[C@H](O)C1O. The van der Waals surface area contributed by atoms with Crippen LogP contribution in [0.15, 0.2) is 0 Å². The molecule has 1 saturated carbocycles. The number of carbonyl (C=O) groups excluding carboxylic acids is 2. The minimum absolute atomic E-state index is 0.105. The summed E-state index contributed by atoms with van der Waals surface area (Å²) in [6.45, 7) is 3.33. The molecule has 1 fully saturated rings. The number of unbranched alkanes of at least 4 members (excludes halogenated alkanes) is 30. The van der Waals surface area contributed by atoms with Crippen molar-refractivity contribution in [2.24, 2.45) is 0 Å². The van der Waals surface area contributed by atoms with Crippen molar-refractivity contribution >= 4 is 19.8 Å². The predicted molar refractivity (Wildman–Crippen MR) is 240 cm³/mol. The van der Waals surface area contributed by atoms with Gasteiger partial charge in [-0.15, -0.1) is 0 Å². The molecule has 0 aromatic heterocycles. The van der Waals surface area contributed by atoms with Crippen LogP contribution in [0.3, 0.4) is 0 Å². The normalized spacial score (nSPS) is 21.9. The third-order valence-corrected chi connectivity index (χ3v) is 12.9. The van der Waals surface area contributed by atoms with E-state index in [4.69, 9.17) is 18.5 Å². The number of hydrogen-bond acceptors (Lipinski definition) is 12. The Kier molecular flexibility index (Phi) is 36.2. The summed E-state index contributed by atoms with van der Waals surface area (Å²) >= 11 is 0. The number of aliphatic hydroxyl groups excluding tert-OH is 5. The fourth-order valence-electron chi connectivity index (χ4n) is 7.94. The summed E-state index contributed by atoms with van der Waals surface area (Å²) in [5.74, 6) is -1.08. The summed E-state index contributed by atoms with van der Waals surface area (Å²) in [5, 5.41) is 50.2. The maximum atomic E-state index is 12.8. The first-order chi connectivity index (χ1) is 29.4. The van der Waals surface area contributed by atoms with E-state index in [1.165, 1.54) is 154 Å². The second-order valence-electron chi connectivity index (χ2n) is 17.7. The number of rotatable bonds is 42. The van der Waals surface area contributed by atoms with E-state index in [0.717, 1.165) is 38.5 Å². The van der Waals surface area contributed by atoms with Crippen LogP contribution >= 0.6 is 7.82 Å². The molecular weight excluding hydrogens is 803 g/mol. The van der Waals surface area contributed by atoms with Crippen LogP contribution in [0.25, 0.3) is 0 Å². The van der Waals surface area contributed by atoms with Crippen LogP contribution in [0.1, 0.15) is 232 Å². The van der Waals surface area contributed by atoms with E-state index in [9.17, 15) is 44.6 Å². The molecule has 0 saturated heterocycles. The summed E-state index contributed by atoms with van der Waals surface area (Å²) < 4.78 is 33.6.